The fourth-order valence-corrected chi connectivity index (χ4v) is 6.09. The van der Waals surface area contributed by atoms with Gasteiger partial charge in [0.15, 0.2) is 0 Å². The Morgan fingerprint density at radius 3 is 2.62 bits per heavy atom. The van der Waals surface area contributed by atoms with E-state index in [1.165, 1.54) is 11.1 Å². The van der Waals surface area contributed by atoms with Crippen molar-refractivity contribution in [2.24, 2.45) is 11.8 Å². The molecule has 6 heteroatoms. The van der Waals surface area contributed by atoms with Gasteiger partial charge in [0.1, 0.15) is 5.75 Å². The average Bonchev–Trinajstić information content (AvgIpc) is 3.29. The number of rotatable bonds is 5. The van der Waals surface area contributed by atoms with Gasteiger partial charge in [-0.15, -0.1) is 0 Å². The van der Waals surface area contributed by atoms with Gasteiger partial charge in [-0.25, -0.2) is 13.1 Å². The van der Waals surface area contributed by atoms with Crippen molar-refractivity contribution in [1.82, 2.24) is 10.0 Å². The van der Waals surface area contributed by atoms with E-state index in [9.17, 15) is 13.2 Å². The van der Waals surface area contributed by atoms with Crippen LogP contribution in [0.3, 0.4) is 0 Å². The number of aryl methyl sites for hydroxylation is 1. The van der Waals surface area contributed by atoms with E-state index in [0.29, 0.717) is 17.8 Å². The Bertz CT molecular complexity index is 784. The average molecular weight is 377 g/mol. The molecule has 1 aromatic carbocycles. The molecule has 0 unspecified atom stereocenters. The van der Waals surface area contributed by atoms with Crippen LogP contribution >= 0.6 is 0 Å². The van der Waals surface area contributed by atoms with Gasteiger partial charge >= 0.3 is 0 Å². The Morgan fingerprint density at radius 2 is 1.85 bits per heavy atom. The molecule has 26 heavy (non-hydrogen) atoms. The second kappa shape index (κ2) is 6.97. The summed E-state index contributed by atoms with van der Waals surface area (Å²) in [4.78, 5) is 12.3. The van der Waals surface area contributed by atoms with E-state index >= 15 is 0 Å². The standard InChI is InChI=1S/C20H28N2O3S/c1-13-6-9-15(10-7-13)22-26(24,25)12-18(23)21-20-17-11-8-14-4-2-3-5-16(14)19(17)20/h2-5,13,15,17,19-20,22H,6-12H2,1H3,(H,21,23)/t13?,15?,17-,19+,20-/m1/s1. The summed E-state index contributed by atoms with van der Waals surface area (Å²) >= 11 is 0. The number of nitrogens with one attached hydrogen (secondary N) is 2. The van der Waals surface area contributed by atoms with Crippen molar-refractivity contribution in [3.63, 3.8) is 0 Å². The summed E-state index contributed by atoms with van der Waals surface area (Å²) in [6.07, 6.45) is 5.94. The zero-order valence-electron chi connectivity index (χ0n) is 15.3. The molecule has 0 aromatic heterocycles. The zero-order valence-corrected chi connectivity index (χ0v) is 16.1. The monoisotopic (exact) mass is 376 g/mol. The fraction of sp³-hybridized carbons (Fsp3) is 0.650. The minimum atomic E-state index is -3.57. The lowest BCUT2D eigenvalue weighted by Crippen LogP contribution is -2.43. The van der Waals surface area contributed by atoms with Gasteiger partial charge in [0.2, 0.25) is 15.9 Å². The largest absolute Gasteiger partial charge is 0.352 e. The third kappa shape index (κ3) is 3.81. The molecule has 0 bridgehead atoms. The molecule has 3 atom stereocenters. The van der Waals surface area contributed by atoms with E-state index < -0.39 is 15.8 Å². The molecule has 0 radical (unpaired) electrons. The summed E-state index contributed by atoms with van der Waals surface area (Å²) < 4.78 is 27.4. The van der Waals surface area contributed by atoms with E-state index in [1.807, 2.05) is 6.07 Å². The first-order valence-corrected chi connectivity index (χ1v) is 11.5. The lowest BCUT2D eigenvalue weighted by Gasteiger charge is -2.26. The van der Waals surface area contributed by atoms with Crippen LogP contribution in [0.2, 0.25) is 0 Å². The highest BCUT2D eigenvalue weighted by atomic mass is 32.2. The van der Waals surface area contributed by atoms with Gasteiger partial charge in [-0.2, -0.15) is 0 Å². The summed E-state index contributed by atoms with van der Waals surface area (Å²) in [5, 5.41) is 2.98. The van der Waals surface area contributed by atoms with Crippen LogP contribution in [0.1, 0.15) is 56.1 Å². The minimum absolute atomic E-state index is 0.0145. The Kier molecular flexibility index (Phi) is 4.82. The lowest BCUT2D eigenvalue weighted by atomic mass is 9.88. The Labute approximate surface area is 156 Å². The van der Waals surface area contributed by atoms with Crippen LogP contribution in [0.25, 0.3) is 0 Å². The van der Waals surface area contributed by atoms with Gasteiger partial charge in [0, 0.05) is 18.0 Å². The van der Waals surface area contributed by atoms with Gasteiger partial charge in [-0.1, -0.05) is 31.2 Å². The molecule has 0 aliphatic heterocycles. The van der Waals surface area contributed by atoms with Crippen LogP contribution in [0, 0.1) is 11.8 Å². The molecule has 3 aliphatic rings. The molecule has 4 rings (SSSR count). The third-order valence-electron chi connectivity index (χ3n) is 6.34. The van der Waals surface area contributed by atoms with Gasteiger partial charge < -0.3 is 5.32 Å². The highest BCUT2D eigenvalue weighted by molar-refractivity contribution is 7.90. The molecule has 0 spiro atoms. The molecule has 142 valence electrons. The first-order valence-electron chi connectivity index (χ1n) is 9.80. The normalized spacial score (nSPS) is 33.0. The number of hydrogen-bond donors (Lipinski definition) is 2. The summed E-state index contributed by atoms with van der Waals surface area (Å²) in [6.45, 7) is 2.20. The second-order valence-corrected chi connectivity index (χ2v) is 10.1. The zero-order chi connectivity index (χ0) is 18.3. The smallest absolute Gasteiger partial charge is 0.236 e. The molecule has 2 saturated carbocycles. The molecule has 5 nitrogen and oxygen atoms in total. The molecule has 2 N–H and O–H groups in total. The Hall–Kier alpha value is -1.40. The van der Waals surface area contributed by atoms with E-state index in [4.69, 9.17) is 0 Å². The number of hydrogen-bond acceptors (Lipinski definition) is 3. The lowest BCUT2D eigenvalue weighted by molar-refractivity contribution is -0.118. The maximum absolute atomic E-state index is 12.3. The molecule has 1 aromatic rings. The van der Waals surface area contributed by atoms with Crippen molar-refractivity contribution in [1.29, 1.82) is 0 Å². The predicted octanol–water partition coefficient (Wildman–Crippen LogP) is 2.33. The maximum Gasteiger partial charge on any atom is 0.236 e. The van der Waals surface area contributed by atoms with Gasteiger partial charge in [0.05, 0.1) is 0 Å². The van der Waals surface area contributed by atoms with Gasteiger partial charge in [-0.3, -0.25) is 4.79 Å². The van der Waals surface area contributed by atoms with Gasteiger partial charge in [-0.05, 0) is 61.5 Å². The first kappa shape index (κ1) is 18.0. The summed E-state index contributed by atoms with van der Waals surface area (Å²) in [5.74, 6) is 0.652. The van der Waals surface area contributed by atoms with Crippen molar-refractivity contribution in [3.8, 4) is 0 Å². The molecular weight excluding hydrogens is 348 g/mol. The van der Waals surface area contributed by atoms with Crippen molar-refractivity contribution < 1.29 is 13.2 Å². The third-order valence-corrected chi connectivity index (χ3v) is 7.68. The SMILES string of the molecule is CC1CCC(NS(=O)(=O)CC(=O)N[C@@H]2[C@@H]3CCc4ccccc4[C@@H]32)CC1. The minimum Gasteiger partial charge on any atom is -0.352 e. The number of amides is 1. The second-order valence-electron chi connectivity index (χ2n) is 8.35. The number of carbonyl (C=O) groups is 1. The van der Waals surface area contributed by atoms with E-state index in [0.717, 1.165) is 38.5 Å². The molecular formula is C20H28N2O3S. The fourth-order valence-electron chi connectivity index (χ4n) is 4.84. The van der Waals surface area contributed by atoms with Crippen LogP contribution in [0.5, 0.6) is 0 Å². The molecule has 2 fully saturated rings. The van der Waals surface area contributed by atoms with Crippen molar-refractivity contribution in [3.05, 3.63) is 35.4 Å². The Balaban J connectivity index is 1.31. The van der Waals surface area contributed by atoms with Crippen LogP contribution < -0.4 is 10.0 Å². The van der Waals surface area contributed by atoms with Crippen LogP contribution in [-0.4, -0.2) is 32.2 Å². The molecule has 0 saturated heterocycles. The van der Waals surface area contributed by atoms with Gasteiger partial charge in [0.25, 0.3) is 0 Å². The summed E-state index contributed by atoms with van der Waals surface area (Å²) in [7, 11) is -3.57. The van der Waals surface area contributed by atoms with Crippen LogP contribution in [0.4, 0.5) is 0 Å². The van der Waals surface area contributed by atoms with Crippen molar-refractivity contribution >= 4 is 15.9 Å². The quantitative estimate of drug-likeness (QED) is 0.828. The summed E-state index contributed by atoms with van der Waals surface area (Å²) in [5.41, 5.74) is 2.69. The van der Waals surface area contributed by atoms with E-state index in [1.54, 1.807) is 0 Å². The maximum atomic E-state index is 12.3. The highest BCUT2D eigenvalue weighted by Crippen LogP contribution is 2.54. The number of sulfonamides is 1. The molecule has 0 heterocycles. The number of fused-ring (bicyclic) bond motifs is 3. The predicted molar refractivity (Wildman–Crippen MR) is 101 cm³/mol. The summed E-state index contributed by atoms with van der Waals surface area (Å²) in [6, 6.07) is 8.47. The molecule has 3 aliphatic carbocycles. The van der Waals surface area contributed by atoms with Crippen LogP contribution in [0.15, 0.2) is 24.3 Å². The van der Waals surface area contributed by atoms with Crippen LogP contribution in [-0.2, 0) is 21.2 Å². The molecule has 1 amide bonds. The topological polar surface area (TPSA) is 75.3 Å². The van der Waals surface area contributed by atoms with Crippen molar-refractivity contribution in [2.45, 2.75) is 63.5 Å². The number of benzene rings is 1. The van der Waals surface area contributed by atoms with Crippen molar-refractivity contribution in [2.75, 3.05) is 5.75 Å². The van der Waals surface area contributed by atoms with E-state index in [2.05, 4.69) is 35.2 Å². The first-order chi connectivity index (χ1) is 12.4. The highest BCUT2D eigenvalue weighted by Gasteiger charge is 2.53. The van der Waals surface area contributed by atoms with E-state index in [-0.39, 0.29) is 18.0 Å². The Morgan fingerprint density at radius 1 is 1.12 bits per heavy atom. The number of carbonyl (C=O) groups excluding carboxylic acids is 1.